The summed E-state index contributed by atoms with van der Waals surface area (Å²) in [6, 6.07) is 62.1. The van der Waals surface area contributed by atoms with E-state index in [1.54, 1.807) is 0 Å². The highest BCUT2D eigenvalue weighted by molar-refractivity contribution is 6.12. The summed E-state index contributed by atoms with van der Waals surface area (Å²) >= 11 is 0. The number of fused-ring (bicyclic) bond motifs is 6. The van der Waals surface area contributed by atoms with E-state index in [0.717, 1.165) is 62.4 Å². The van der Waals surface area contributed by atoms with Gasteiger partial charge < -0.3 is 4.90 Å². The Balaban J connectivity index is 1.15. The Morgan fingerprint density at radius 1 is 0.345 bits per heavy atom. The van der Waals surface area contributed by atoms with E-state index in [-0.39, 0.29) is 0 Å². The molecule has 0 atom stereocenters. The molecule has 0 saturated heterocycles. The molecule has 0 bridgehead atoms. The highest BCUT2D eigenvalue weighted by atomic mass is 15.3. The van der Waals surface area contributed by atoms with Crippen LogP contribution >= 0.6 is 0 Å². The second-order valence-electron chi connectivity index (χ2n) is 13.6. The topological polar surface area (TPSA) is 48.7 Å². The third kappa shape index (κ3) is 4.91. The number of benzene rings is 7. The summed E-state index contributed by atoms with van der Waals surface area (Å²) in [6.45, 7) is 0. The zero-order valence-corrected chi connectivity index (χ0v) is 29.7. The Labute approximate surface area is 316 Å². The predicted molar refractivity (Wildman–Crippen MR) is 224 cm³/mol. The van der Waals surface area contributed by atoms with Crippen LogP contribution in [-0.4, -0.2) is 28.2 Å². The van der Waals surface area contributed by atoms with Crippen LogP contribution in [-0.2, 0) is 0 Å². The Kier molecular flexibility index (Phi) is 7.03. The fourth-order valence-corrected chi connectivity index (χ4v) is 8.15. The van der Waals surface area contributed by atoms with Crippen molar-refractivity contribution in [2.75, 3.05) is 4.90 Å². The maximum Gasteiger partial charge on any atom is 0.219 e. The zero-order chi connectivity index (χ0) is 36.3. The molecule has 0 aliphatic rings. The van der Waals surface area contributed by atoms with Gasteiger partial charge in [0.15, 0.2) is 0 Å². The minimum absolute atomic E-state index is 0.834. The molecule has 11 aromatic rings. The first-order chi connectivity index (χ1) is 27.3. The number of para-hydroxylation sites is 5. The SMILES string of the molecule is c1ccc(N(c2ccc3c4ccccc4n(-c4nccn4-c4ccccc4)c3c2)c2ccc3c4ccccc4n(-c4nccn4-c4ccccc4)c3c2)cc1. The van der Waals surface area contributed by atoms with Crippen molar-refractivity contribution in [2.45, 2.75) is 0 Å². The Morgan fingerprint density at radius 3 is 1.22 bits per heavy atom. The Morgan fingerprint density at radius 2 is 0.745 bits per heavy atom. The first-order valence-corrected chi connectivity index (χ1v) is 18.4. The first kappa shape index (κ1) is 30.9. The third-order valence-electron chi connectivity index (χ3n) is 10.6. The van der Waals surface area contributed by atoms with Gasteiger partial charge in [0.1, 0.15) is 0 Å². The molecule has 0 radical (unpaired) electrons. The van der Waals surface area contributed by atoms with Crippen LogP contribution in [0.4, 0.5) is 17.1 Å². The van der Waals surface area contributed by atoms with Crippen LogP contribution in [0.2, 0.25) is 0 Å². The summed E-state index contributed by atoms with van der Waals surface area (Å²) in [5.74, 6) is 1.67. The van der Waals surface area contributed by atoms with Gasteiger partial charge in [-0.2, -0.15) is 0 Å². The number of imidazole rings is 2. The summed E-state index contributed by atoms with van der Waals surface area (Å²) in [7, 11) is 0. The molecule has 0 aliphatic heterocycles. The molecule has 0 aliphatic carbocycles. The van der Waals surface area contributed by atoms with Gasteiger partial charge in [0, 0.05) is 74.8 Å². The van der Waals surface area contributed by atoms with Crippen molar-refractivity contribution in [1.82, 2.24) is 28.2 Å². The van der Waals surface area contributed by atoms with Crippen LogP contribution in [0.5, 0.6) is 0 Å². The number of rotatable bonds is 7. The fraction of sp³-hybridized carbons (Fsp3) is 0. The van der Waals surface area contributed by atoms with Gasteiger partial charge in [-0.15, -0.1) is 0 Å². The minimum atomic E-state index is 0.834. The molecule has 4 aromatic heterocycles. The van der Waals surface area contributed by atoms with Gasteiger partial charge >= 0.3 is 0 Å². The Hall–Kier alpha value is -7.64. The zero-order valence-electron chi connectivity index (χ0n) is 29.7. The van der Waals surface area contributed by atoms with Crippen molar-refractivity contribution in [3.05, 3.63) is 201 Å². The van der Waals surface area contributed by atoms with Gasteiger partial charge in [0.05, 0.1) is 22.1 Å². The standard InChI is InChI=1S/C48H33N7/c1-4-14-34(15-5-1)51-30-28-49-47(51)54-43-22-12-10-20-39(43)41-26-24-37(32-45(41)54)53(36-18-8-3-9-19-36)38-25-27-42-40-21-11-13-23-44(40)55(46(42)33-38)48-50-29-31-52(48)35-16-6-2-7-17-35/h1-33H. The number of hydrogen-bond donors (Lipinski definition) is 0. The van der Waals surface area contributed by atoms with E-state index in [2.05, 4.69) is 187 Å². The van der Waals surface area contributed by atoms with Gasteiger partial charge in [-0.3, -0.25) is 18.3 Å². The van der Waals surface area contributed by atoms with Gasteiger partial charge in [-0.05, 0) is 72.8 Å². The molecule has 11 rings (SSSR count). The van der Waals surface area contributed by atoms with Gasteiger partial charge in [-0.1, -0.05) is 103 Å². The number of nitrogens with zero attached hydrogens (tertiary/aromatic N) is 7. The van der Waals surface area contributed by atoms with Crippen molar-refractivity contribution in [2.24, 2.45) is 0 Å². The number of hydrogen-bond acceptors (Lipinski definition) is 3. The lowest BCUT2D eigenvalue weighted by molar-refractivity contribution is 0.937. The fourth-order valence-electron chi connectivity index (χ4n) is 8.15. The maximum absolute atomic E-state index is 4.95. The predicted octanol–water partition coefficient (Wildman–Crippen LogP) is 11.7. The van der Waals surface area contributed by atoms with E-state index in [9.17, 15) is 0 Å². The third-order valence-corrected chi connectivity index (χ3v) is 10.6. The number of aromatic nitrogens is 6. The van der Waals surface area contributed by atoms with Crippen LogP contribution in [0.15, 0.2) is 201 Å². The molecular weight excluding hydrogens is 675 g/mol. The van der Waals surface area contributed by atoms with Crippen LogP contribution in [0.3, 0.4) is 0 Å². The molecule has 0 unspecified atom stereocenters. The van der Waals surface area contributed by atoms with Gasteiger partial charge in [0.25, 0.3) is 0 Å². The molecular formula is C48H33N7. The highest BCUT2D eigenvalue weighted by Gasteiger charge is 2.22. The second-order valence-corrected chi connectivity index (χ2v) is 13.6. The lowest BCUT2D eigenvalue weighted by Crippen LogP contribution is -2.11. The average Bonchev–Trinajstić information content (AvgIpc) is 4.05. The van der Waals surface area contributed by atoms with E-state index >= 15 is 0 Å². The normalized spacial score (nSPS) is 11.6. The molecule has 7 aromatic carbocycles. The average molecular weight is 708 g/mol. The van der Waals surface area contributed by atoms with Crippen LogP contribution in [0.25, 0.3) is 66.9 Å². The van der Waals surface area contributed by atoms with Crippen molar-refractivity contribution in [1.29, 1.82) is 0 Å². The molecule has 0 N–H and O–H groups in total. The van der Waals surface area contributed by atoms with Crippen LogP contribution in [0, 0.1) is 0 Å². The molecule has 0 amide bonds. The lowest BCUT2D eigenvalue weighted by Gasteiger charge is -2.26. The first-order valence-electron chi connectivity index (χ1n) is 18.4. The molecule has 4 heterocycles. The van der Waals surface area contributed by atoms with Crippen molar-refractivity contribution < 1.29 is 0 Å². The quantitative estimate of drug-likeness (QED) is 0.166. The molecule has 0 fully saturated rings. The van der Waals surface area contributed by atoms with E-state index in [4.69, 9.17) is 9.97 Å². The van der Waals surface area contributed by atoms with E-state index in [1.165, 1.54) is 21.5 Å². The van der Waals surface area contributed by atoms with E-state index in [1.807, 2.05) is 36.9 Å². The summed E-state index contributed by atoms with van der Waals surface area (Å²) in [5.41, 5.74) is 9.59. The molecule has 0 spiro atoms. The van der Waals surface area contributed by atoms with Crippen LogP contribution < -0.4 is 4.90 Å². The monoisotopic (exact) mass is 707 g/mol. The van der Waals surface area contributed by atoms with Crippen molar-refractivity contribution >= 4 is 60.7 Å². The smallest absolute Gasteiger partial charge is 0.219 e. The molecule has 7 heteroatoms. The maximum atomic E-state index is 4.95. The van der Waals surface area contributed by atoms with Crippen molar-refractivity contribution in [3.63, 3.8) is 0 Å². The minimum Gasteiger partial charge on any atom is -0.310 e. The van der Waals surface area contributed by atoms with Gasteiger partial charge in [0.2, 0.25) is 11.9 Å². The lowest BCUT2D eigenvalue weighted by atomic mass is 10.1. The summed E-state index contributed by atoms with van der Waals surface area (Å²) in [5, 5.41) is 4.69. The summed E-state index contributed by atoms with van der Waals surface area (Å²) in [4.78, 5) is 12.2. The molecule has 260 valence electrons. The Bertz CT molecular complexity index is 2960. The summed E-state index contributed by atoms with van der Waals surface area (Å²) < 4.78 is 8.88. The van der Waals surface area contributed by atoms with Crippen LogP contribution in [0.1, 0.15) is 0 Å². The molecule has 0 saturated carbocycles. The largest absolute Gasteiger partial charge is 0.310 e. The van der Waals surface area contributed by atoms with Gasteiger partial charge in [-0.25, -0.2) is 9.97 Å². The number of anilines is 3. The second kappa shape index (κ2) is 12.5. The molecule has 55 heavy (non-hydrogen) atoms. The highest BCUT2D eigenvalue weighted by Crippen LogP contribution is 2.42. The summed E-state index contributed by atoms with van der Waals surface area (Å²) in [6.07, 6.45) is 7.81. The van der Waals surface area contributed by atoms with Crippen molar-refractivity contribution in [3.8, 4) is 23.3 Å². The van der Waals surface area contributed by atoms with E-state index in [0.29, 0.717) is 0 Å². The van der Waals surface area contributed by atoms with E-state index < -0.39 is 0 Å². The molecule has 7 nitrogen and oxygen atoms in total.